The minimum atomic E-state index is -0.863. The predicted octanol–water partition coefficient (Wildman–Crippen LogP) is 2.67. The first kappa shape index (κ1) is 14.4. The maximum Gasteiger partial charge on any atom is 0.256 e. The van der Waals surface area contributed by atoms with Crippen LogP contribution < -0.4 is 5.73 Å². The molecule has 3 nitrogen and oxygen atoms in total. The van der Waals surface area contributed by atoms with Crippen molar-refractivity contribution in [2.24, 2.45) is 5.92 Å². The van der Waals surface area contributed by atoms with Crippen LogP contribution in [0.1, 0.15) is 30.6 Å². The second kappa shape index (κ2) is 5.80. The van der Waals surface area contributed by atoms with E-state index < -0.39 is 17.5 Å². The fraction of sp³-hybridized carbons (Fsp3) is 0.462. The highest BCUT2D eigenvalue weighted by Crippen LogP contribution is 2.19. The fourth-order valence-electron chi connectivity index (χ4n) is 1.52. The lowest BCUT2D eigenvalue weighted by Gasteiger charge is -2.19. The molecule has 18 heavy (non-hydrogen) atoms. The van der Waals surface area contributed by atoms with Gasteiger partial charge in [0.15, 0.2) is 5.82 Å². The van der Waals surface area contributed by atoms with Crippen LogP contribution in [0.2, 0.25) is 0 Å². The zero-order valence-electron chi connectivity index (χ0n) is 10.8. The highest BCUT2D eigenvalue weighted by atomic mass is 19.1. The van der Waals surface area contributed by atoms with E-state index in [9.17, 15) is 13.6 Å². The standard InChI is InChI=1S/C13H18F2N2O/c1-8(2)4-5-17(3)13(18)10-6-9(14)7-11(16)12(10)15/h6-8H,4-5,16H2,1-3H3. The van der Waals surface area contributed by atoms with Crippen molar-refractivity contribution in [3.05, 3.63) is 29.3 Å². The maximum absolute atomic E-state index is 13.7. The molecule has 2 N–H and O–H groups in total. The minimum Gasteiger partial charge on any atom is -0.396 e. The molecule has 0 aliphatic carbocycles. The Bertz CT molecular complexity index is 447. The van der Waals surface area contributed by atoms with Crippen LogP contribution in [0.5, 0.6) is 0 Å². The zero-order valence-corrected chi connectivity index (χ0v) is 10.8. The molecule has 100 valence electrons. The predicted molar refractivity (Wildman–Crippen MR) is 67.2 cm³/mol. The van der Waals surface area contributed by atoms with E-state index in [2.05, 4.69) is 0 Å². The molecular weight excluding hydrogens is 238 g/mol. The van der Waals surface area contributed by atoms with Gasteiger partial charge in [0.2, 0.25) is 0 Å². The SMILES string of the molecule is CC(C)CCN(C)C(=O)c1cc(F)cc(N)c1F. The number of benzene rings is 1. The molecule has 0 bridgehead atoms. The summed E-state index contributed by atoms with van der Waals surface area (Å²) in [7, 11) is 1.56. The number of anilines is 1. The van der Waals surface area contributed by atoms with Gasteiger partial charge in [0.25, 0.3) is 5.91 Å². The van der Waals surface area contributed by atoms with E-state index >= 15 is 0 Å². The van der Waals surface area contributed by atoms with Gasteiger partial charge in [0.1, 0.15) is 5.82 Å². The zero-order chi connectivity index (χ0) is 13.9. The van der Waals surface area contributed by atoms with E-state index in [4.69, 9.17) is 5.73 Å². The molecule has 0 saturated carbocycles. The van der Waals surface area contributed by atoms with E-state index in [0.717, 1.165) is 18.6 Å². The Morgan fingerprint density at radius 3 is 2.56 bits per heavy atom. The van der Waals surface area contributed by atoms with Crippen molar-refractivity contribution in [2.75, 3.05) is 19.3 Å². The molecule has 0 unspecified atom stereocenters. The Hall–Kier alpha value is -1.65. The number of nitrogens with two attached hydrogens (primary N) is 1. The van der Waals surface area contributed by atoms with Gasteiger partial charge >= 0.3 is 0 Å². The quantitative estimate of drug-likeness (QED) is 0.842. The first-order chi connectivity index (χ1) is 8.32. The molecule has 5 heteroatoms. The molecule has 0 atom stereocenters. The molecule has 0 aliphatic heterocycles. The molecular formula is C13H18F2N2O. The normalized spacial score (nSPS) is 10.8. The molecule has 0 fully saturated rings. The molecule has 0 radical (unpaired) electrons. The first-order valence-corrected chi connectivity index (χ1v) is 5.83. The van der Waals surface area contributed by atoms with Crippen molar-refractivity contribution in [1.29, 1.82) is 0 Å². The summed E-state index contributed by atoms with van der Waals surface area (Å²) in [4.78, 5) is 13.3. The number of hydrogen-bond donors (Lipinski definition) is 1. The van der Waals surface area contributed by atoms with Crippen LogP contribution in [0.15, 0.2) is 12.1 Å². The van der Waals surface area contributed by atoms with Crippen molar-refractivity contribution in [3.63, 3.8) is 0 Å². The maximum atomic E-state index is 13.7. The van der Waals surface area contributed by atoms with Crippen LogP contribution in [-0.2, 0) is 0 Å². The Morgan fingerprint density at radius 1 is 1.39 bits per heavy atom. The van der Waals surface area contributed by atoms with Gasteiger partial charge in [-0.2, -0.15) is 0 Å². The average Bonchev–Trinajstić information content (AvgIpc) is 2.29. The lowest BCUT2D eigenvalue weighted by atomic mass is 10.1. The molecule has 0 aromatic heterocycles. The second-order valence-corrected chi connectivity index (χ2v) is 4.77. The van der Waals surface area contributed by atoms with Crippen molar-refractivity contribution in [2.45, 2.75) is 20.3 Å². The first-order valence-electron chi connectivity index (χ1n) is 5.83. The van der Waals surface area contributed by atoms with Gasteiger partial charge in [0, 0.05) is 13.6 Å². The smallest absolute Gasteiger partial charge is 0.256 e. The van der Waals surface area contributed by atoms with E-state index in [1.807, 2.05) is 13.8 Å². The van der Waals surface area contributed by atoms with Crippen LogP contribution in [0.25, 0.3) is 0 Å². The van der Waals surface area contributed by atoms with Crippen LogP contribution in [0.3, 0.4) is 0 Å². The van der Waals surface area contributed by atoms with Crippen LogP contribution in [0, 0.1) is 17.6 Å². The number of halogens is 2. The third kappa shape index (κ3) is 3.42. The number of amides is 1. The van der Waals surface area contributed by atoms with Gasteiger partial charge in [-0.3, -0.25) is 4.79 Å². The lowest BCUT2D eigenvalue weighted by Crippen LogP contribution is -2.29. The second-order valence-electron chi connectivity index (χ2n) is 4.77. The Labute approximate surface area is 106 Å². The fourth-order valence-corrected chi connectivity index (χ4v) is 1.52. The number of nitrogen functional groups attached to an aromatic ring is 1. The summed E-state index contributed by atoms with van der Waals surface area (Å²) in [5.74, 6) is -1.70. The summed E-state index contributed by atoms with van der Waals surface area (Å²) < 4.78 is 26.8. The monoisotopic (exact) mass is 256 g/mol. The molecule has 1 aromatic carbocycles. The third-order valence-electron chi connectivity index (χ3n) is 2.68. The average molecular weight is 256 g/mol. The third-order valence-corrected chi connectivity index (χ3v) is 2.68. The van der Waals surface area contributed by atoms with Crippen LogP contribution in [0.4, 0.5) is 14.5 Å². The van der Waals surface area contributed by atoms with Crippen LogP contribution >= 0.6 is 0 Å². The number of rotatable bonds is 4. The van der Waals surface area contributed by atoms with Crippen molar-refractivity contribution in [3.8, 4) is 0 Å². The lowest BCUT2D eigenvalue weighted by molar-refractivity contribution is 0.0784. The Balaban J connectivity index is 2.90. The Morgan fingerprint density at radius 2 is 2.00 bits per heavy atom. The van der Waals surface area contributed by atoms with Gasteiger partial charge in [-0.25, -0.2) is 8.78 Å². The van der Waals surface area contributed by atoms with Crippen molar-refractivity contribution in [1.82, 2.24) is 4.90 Å². The topological polar surface area (TPSA) is 46.3 Å². The molecule has 0 spiro atoms. The summed E-state index contributed by atoms with van der Waals surface area (Å²) in [6, 6.07) is 1.74. The van der Waals surface area contributed by atoms with E-state index in [-0.39, 0.29) is 11.3 Å². The number of carbonyl (C=O) groups excluding carboxylic acids is 1. The Kier molecular flexibility index (Phi) is 4.64. The molecule has 1 amide bonds. The van der Waals surface area contributed by atoms with E-state index in [1.165, 1.54) is 4.90 Å². The number of nitrogens with zero attached hydrogens (tertiary/aromatic N) is 1. The molecule has 1 rings (SSSR count). The van der Waals surface area contributed by atoms with E-state index in [0.29, 0.717) is 12.5 Å². The van der Waals surface area contributed by atoms with Crippen molar-refractivity contribution >= 4 is 11.6 Å². The van der Waals surface area contributed by atoms with E-state index in [1.54, 1.807) is 7.05 Å². The molecule has 0 aliphatic rings. The summed E-state index contributed by atoms with van der Waals surface area (Å²) in [6.07, 6.45) is 0.800. The van der Waals surface area contributed by atoms with Gasteiger partial charge in [-0.15, -0.1) is 0 Å². The number of carbonyl (C=O) groups is 1. The van der Waals surface area contributed by atoms with Crippen molar-refractivity contribution < 1.29 is 13.6 Å². The summed E-state index contributed by atoms with van der Waals surface area (Å²) in [6.45, 7) is 4.55. The molecule has 1 aromatic rings. The molecule has 0 heterocycles. The van der Waals surface area contributed by atoms with Gasteiger partial charge < -0.3 is 10.6 Å². The van der Waals surface area contributed by atoms with Gasteiger partial charge in [-0.1, -0.05) is 13.8 Å². The summed E-state index contributed by atoms with van der Waals surface area (Å²) >= 11 is 0. The minimum absolute atomic E-state index is 0.321. The summed E-state index contributed by atoms with van der Waals surface area (Å²) in [5.41, 5.74) is 4.62. The highest BCUT2D eigenvalue weighted by molar-refractivity contribution is 5.95. The summed E-state index contributed by atoms with van der Waals surface area (Å²) in [5, 5.41) is 0. The number of hydrogen-bond acceptors (Lipinski definition) is 2. The highest BCUT2D eigenvalue weighted by Gasteiger charge is 2.19. The largest absolute Gasteiger partial charge is 0.396 e. The van der Waals surface area contributed by atoms with Gasteiger partial charge in [-0.05, 0) is 24.5 Å². The van der Waals surface area contributed by atoms with Crippen LogP contribution in [-0.4, -0.2) is 24.4 Å². The molecule has 0 saturated heterocycles. The van der Waals surface area contributed by atoms with Gasteiger partial charge in [0.05, 0.1) is 11.3 Å².